The molecule has 0 aromatic heterocycles. The number of benzene rings is 1. The zero-order valence-electron chi connectivity index (χ0n) is 20.1. The quantitative estimate of drug-likeness (QED) is 0.652. The van der Waals surface area contributed by atoms with Gasteiger partial charge in [0.25, 0.3) is 0 Å². The third-order valence-corrected chi connectivity index (χ3v) is 4.47. The normalized spacial score (nSPS) is 21.7. The number of hydrogen-bond donors (Lipinski definition) is 0. The second kappa shape index (κ2) is 8.97. The molecule has 0 saturated heterocycles. The third kappa shape index (κ3) is 8.67. The second-order valence-corrected chi connectivity index (χ2v) is 11.1. The summed E-state index contributed by atoms with van der Waals surface area (Å²) < 4.78 is 8.98. The first-order valence-corrected chi connectivity index (χ1v) is 10.4. The van der Waals surface area contributed by atoms with Crippen molar-refractivity contribution in [1.29, 1.82) is 0 Å². The van der Waals surface area contributed by atoms with Crippen molar-refractivity contribution in [3.63, 3.8) is 0 Å². The van der Waals surface area contributed by atoms with Gasteiger partial charge in [-0.15, -0.1) is 0 Å². The fourth-order valence-electron chi connectivity index (χ4n) is 3.84. The van der Waals surface area contributed by atoms with Gasteiger partial charge in [0.2, 0.25) is 0 Å². The summed E-state index contributed by atoms with van der Waals surface area (Å²) >= 11 is 0. The third-order valence-electron chi connectivity index (χ3n) is 4.47. The minimum absolute atomic E-state index is 0.0227. The molecule has 1 aliphatic carbocycles. The number of hydrogen-bond acceptors (Lipinski definition) is 1. The molecule has 0 amide bonds. The molecule has 1 fully saturated rings. The molecule has 0 heterocycles. The van der Waals surface area contributed by atoms with Crippen molar-refractivity contribution < 1.29 is 18.2 Å². The summed E-state index contributed by atoms with van der Waals surface area (Å²) in [5.41, 5.74) is 5.41. The lowest BCUT2D eigenvalue weighted by Gasteiger charge is -2.33. The summed E-state index contributed by atoms with van der Waals surface area (Å²) in [7, 11) is 19.9. The van der Waals surface area contributed by atoms with Crippen LogP contribution in [0.4, 0.5) is 0 Å². The van der Waals surface area contributed by atoms with Crippen LogP contribution in [-0.4, -0.2) is 83.0 Å². The standard InChI is InChI=1S/C25H42N3O/c1-26(2,3)17-22-15-23(18-27(4,5)6)25(24(16-22)19-28(7,8)9)29-20-21-13-11-10-12-14-21/h10-14,17-19,25H,15-16,20H2,1-9H3/q+3. The minimum atomic E-state index is 0.0227. The summed E-state index contributed by atoms with van der Waals surface area (Å²) in [5, 5.41) is 0. The first-order chi connectivity index (χ1) is 13.2. The van der Waals surface area contributed by atoms with E-state index in [9.17, 15) is 0 Å². The van der Waals surface area contributed by atoms with Gasteiger partial charge in [-0.2, -0.15) is 0 Å². The molecular weight excluding hydrogens is 358 g/mol. The summed E-state index contributed by atoms with van der Waals surface area (Å²) in [6.45, 7) is 0.628. The zero-order valence-corrected chi connectivity index (χ0v) is 20.1. The second-order valence-electron chi connectivity index (χ2n) is 11.1. The fraction of sp³-hybridized carbons (Fsp3) is 0.520. The molecule has 0 spiro atoms. The zero-order chi connectivity index (χ0) is 21.9. The van der Waals surface area contributed by atoms with Gasteiger partial charge < -0.3 is 18.2 Å². The Morgan fingerprint density at radius 1 is 0.724 bits per heavy atom. The van der Waals surface area contributed by atoms with Gasteiger partial charge in [0.05, 0.1) is 88.6 Å². The maximum absolute atomic E-state index is 6.58. The lowest BCUT2D eigenvalue weighted by atomic mass is 9.84. The average molecular weight is 401 g/mol. The van der Waals surface area contributed by atoms with Crippen LogP contribution < -0.4 is 0 Å². The summed E-state index contributed by atoms with van der Waals surface area (Å²) in [6.07, 6.45) is 9.08. The highest BCUT2D eigenvalue weighted by Crippen LogP contribution is 2.36. The van der Waals surface area contributed by atoms with E-state index in [-0.39, 0.29) is 6.10 Å². The summed E-state index contributed by atoms with van der Waals surface area (Å²) in [4.78, 5) is 0. The topological polar surface area (TPSA) is 9.23 Å². The van der Waals surface area contributed by atoms with Crippen LogP contribution in [0.1, 0.15) is 18.4 Å². The van der Waals surface area contributed by atoms with Gasteiger partial charge in [-0.05, 0) is 11.1 Å². The van der Waals surface area contributed by atoms with Gasteiger partial charge in [-0.3, -0.25) is 0 Å². The Labute approximate surface area is 178 Å². The van der Waals surface area contributed by atoms with Crippen LogP contribution in [0.15, 0.2) is 65.7 Å². The first-order valence-electron chi connectivity index (χ1n) is 10.4. The van der Waals surface area contributed by atoms with Gasteiger partial charge >= 0.3 is 0 Å². The number of nitrogens with zero attached hydrogens (tertiary/aromatic N) is 3. The molecule has 4 heteroatoms. The van der Waals surface area contributed by atoms with Crippen LogP contribution in [0.25, 0.3) is 0 Å². The number of rotatable bonds is 6. The SMILES string of the molecule is C[N+](C)(C)C=C1CC(=C[N+](C)(C)C)C(OCc2ccccc2)C(=C[N+](C)(C)C)C1. The Hall–Kier alpha value is -1.72. The Morgan fingerprint density at radius 3 is 1.59 bits per heavy atom. The Balaban J connectivity index is 2.46. The van der Waals surface area contributed by atoms with Gasteiger partial charge in [-0.1, -0.05) is 30.3 Å². The molecule has 0 atom stereocenters. The Bertz CT molecular complexity index is 733. The highest BCUT2D eigenvalue weighted by Gasteiger charge is 2.32. The highest BCUT2D eigenvalue weighted by molar-refractivity contribution is 5.35. The summed E-state index contributed by atoms with van der Waals surface area (Å²) in [6, 6.07) is 10.5. The minimum Gasteiger partial charge on any atom is -0.364 e. The van der Waals surface area contributed by atoms with Gasteiger partial charge in [-0.25, -0.2) is 0 Å². The lowest BCUT2D eigenvalue weighted by Crippen LogP contribution is -2.35. The van der Waals surface area contributed by atoms with E-state index in [4.69, 9.17) is 4.74 Å². The molecule has 4 nitrogen and oxygen atoms in total. The van der Waals surface area contributed by atoms with Crippen LogP contribution in [0.5, 0.6) is 0 Å². The smallest absolute Gasteiger partial charge is 0.111 e. The van der Waals surface area contributed by atoms with Crippen LogP contribution in [0.3, 0.4) is 0 Å². The average Bonchev–Trinajstić information content (AvgIpc) is 2.50. The fourth-order valence-corrected chi connectivity index (χ4v) is 3.84. The van der Waals surface area contributed by atoms with Crippen molar-refractivity contribution in [2.45, 2.75) is 25.6 Å². The van der Waals surface area contributed by atoms with Crippen LogP contribution in [0.2, 0.25) is 0 Å². The number of quaternary nitrogens is 3. The van der Waals surface area contributed by atoms with Crippen molar-refractivity contribution >= 4 is 0 Å². The predicted molar refractivity (Wildman–Crippen MR) is 123 cm³/mol. The van der Waals surface area contributed by atoms with E-state index in [0.29, 0.717) is 6.61 Å². The maximum atomic E-state index is 6.58. The Kier molecular flexibility index (Phi) is 7.28. The van der Waals surface area contributed by atoms with Gasteiger partial charge in [0.1, 0.15) is 6.10 Å². The van der Waals surface area contributed by atoms with Crippen molar-refractivity contribution in [2.24, 2.45) is 0 Å². The molecule has 160 valence electrons. The van der Waals surface area contributed by atoms with Crippen molar-refractivity contribution in [1.82, 2.24) is 0 Å². The van der Waals surface area contributed by atoms with Crippen LogP contribution in [-0.2, 0) is 11.3 Å². The molecule has 1 aliphatic rings. The van der Waals surface area contributed by atoms with E-state index in [0.717, 1.165) is 26.3 Å². The molecule has 29 heavy (non-hydrogen) atoms. The molecule has 1 aromatic carbocycles. The van der Waals surface area contributed by atoms with E-state index >= 15 is 0 Å². The van der Waals surface area contributed by atoms with Crippen LogP contribution in [0, 0.1) is 0 Å². The van der Waals surface area contributed by atoms with E-state index in [2.05, 4.69) is 112 Å². The molecule has 0 aliphatic heterocycles. The van der Waals surface area contributed by atoms with Crippen molar-refractivity contribution in [3.8, 4) is 0 Å². The van der Waals surface area contributed by atoms with Crippen molar-refractivity contribution in [2.75, 3.05) is 63.4 Å². The predicted octanol–water partition coefficient (Wildman–Crippen LogP) is 4.14. The number of ether oxygens (including phenoxy) is 1. The molecule has 0 bridgehead atoms. The van der Waals surface area contributed by atoms with Gasteiger partial charge in [0.15, 0.2) is 0 Å². The molecule has 0 N–H and O–H groups in total. The molecular formula is C25H42N3O+3. The van der Waals surface area contributed by atoms with Crippen LogP contribution >= 0.6 is 0 Å². The maximum Gasteiger partial charge on any atom is 0.111 e. The first kappa shape index (κ1) is 23.6. The molecule has 2 rings (SSSR count). The molecule has 0 unspecified atom stereocenters. The van der Waals surface area contributed by atoms with E-state index in [1.807, 2.05) is 0 Å². The summed E-state index contributed by atoms with van der Waals surface area (Å²) in [5.74, 6) is 0. The number of allylic oxidation sites excluding steroid dienone is 1. The highest BCUT2D eigenvalue weighted by atomic mass is 16.5. The van der Waals surface area contributed by atoms with E-state index < -0.39 is 0 Å². The molecule has 1 aromatic rings. The van der Waals surface area contributed by atoms with Crippen molar-refractivity contribution in [3.05, 3.63) is 71.2 Å². The lowest BCUT2D eigenvalue weighted by molar-refractivity contribution is -0.819. The molecule has 0 radical (unpaired) electrons. The van der Waals surface area contributed by atoms with E-state index in [1.54, 1.807) is 0 Å². The molecule has 1 saturated carbocycles. The Morgan fingerprint density at radius 2 is 1.17 bits per heavy atom. The largest absolute Gasteiger partial charge is 0.364 e. The van der Waals surface area contributed by atoms with Gasteiger partial charge in [0, 0.05) is 24.0 Å². The van der Waals surface area contributed by atoms with E-state index in [1.165, 1.54) is 22.3 Å². The monoisotopic (exact) mass is 400 g/mol.